The van der Waals surface area contributed by atoms with Gasteiger partial charge in [-0.3, -0.25) is 10.1 Å². The number of nitrogens with one attached hydrogen (secondary N) is 1. The first kappa shape index (κ1) is 14.8. The molecule has 6 heteroatoms. The number of nitrogens with zero attached hydrogens (tertiary/aromatic N) is 2. The van der Waals surface area contributed by atoms with Gasteiger partial charge in [0.1, 0.15) is 18.2 Å². The molecule has 0 spiro atoms. The number of hydrogen-bond acceptors (Lipinski definition) is 5. The smallest absolute Gasteiger partial charge is 0.269 e. The van der Waals surface area contributed by atoms with Crippen LogP contribution in [0.2, 0.25) is 0 Å². The molecule has 0 aliphatic heterocycles. The number of aromatic nitrogens is 1. The lowest BCUT2D eigenvalue weighted by Gasteiger charge is -2.08. The number of ether oxygens (including phenoxy) is 1. The van der Waals surface area contributed by atoms with Gasteiger partial charge >= 0.3 is 0 Å². The largest absolute Gasteiger partial charge is 0.489 e. The van der Waals surface area contributed by atoms with Crippen molar-refractivity contribution in [1.29, 1.82) is 0 Å². The highest BCUT2D eigenvalue weighted by Gasteiger charge is 2.04. The molecular formula is C15H17N3O3. The maximum atomic E-state index is 10.6. The van der Waals surface area contributed by atoms with E-state index in [0.29, 0.717) is 12.4 Å². The average molecular weight is 287 g/mol. The van der Waals surface area contributed by atoms with Crippen LogP contribution in [0, 0.1) is 10.1 Å². The molecule has 21 heavy (non-hydrogen) atoms. The molecule has 0 saturated carbocycles. The maximum absolute atomic E-state index is 10.6. The highest BCUT2D eigenvalue weighted by molar-refractivity contribution is 5.38. The molecule has 0 bridgehead atoms. The summed E-state index contributed by atoms with van der Waals surface area (Å²) in [6.07, 6.45) is 2.76. The summed E-state index contributed by atoms with van der Waals surface area (Å²) in [7, 11) is 0. The molecule has 2 rings (SSSR count). The second-order valence-corrected chi connectivity index (χ2v) is 4.52. The van der Waals surface area contributed by atoms with Crippen molar-refractivity contribution < 1.29 is 9.66 Å². The van der Waals surface area contributed by atoms with E-state index in [1.54, 1.807) is 18.3 Å². The van der Waals surface area contributed by atoms with Crippen molar-refractivity contribution in [1.82, 2.24) is 4.98 Å². The number of anilines is 1. The number of non-ortho nitro benzene ring substituents is 1. The van der Waals surface area contributed by atoms with Crippen LogP contribution in [-0.2, 0) is 6.61 Å². The van der Waals surface area contributed by atoms with Gasteiger partial charge in [0.15, 0.2) is 0 Å². The lowest BCUT2D eigenvalue weighted by molar-refractivity contribution is -0.384. The lowest BCUT2D eigenvalue weighted by atomic mass is 10.2. The molecule has 1 N–H and O–H groups in total. The highest BCUT2D eigenvalue weighted by atomic mass is 16.6. The zero-order valence-corrected chi connectivity index (χ0v) is 11.8. The van der Waals surface area contributed by atoms with Crippen molar-refractivity contribution in [3.63, 3.8) is 0 Å². The fourth-order valence-electron chi connectivity index (χ4n) is 1.74. The zero-order chi connectivity index (χ0) is 15.1. The quantitative estimate of drug-likeness (QED) is 0.624. The molecule has 2 aromatic rings. The van der Waals surface area contributed by atoms with E-state index in [-0.39, 0.29) is 5.69 Å². The summed E-state index contributed by atoms with van der Waals surface area (Å²) in [5.41, 5.74) is 1.04. The number of hydrogen-bond donors (Lipinski definition) is 1. The molecule has 1 aromatic carbocycles. The van der Waals surface area contributed by atoms with Gasteiger partial charge in [0.2, 0.25) is 0 Å². The molecule has 0 unspecified atom stereocenters. The Labute approximate surface area is 122 Å². The van der Waals surface area contributed by atoms with Gasteiger partial charge in [0.05, 0.1) is 4.92 Å². The SMILES string of the molecule is CCCNc1cc(COc2ccc([N+](=O)[O-])cc2)ccn1. The molecule has 0 saturated heterocycles. The standard InChI is InChI=1S/C15H17N3O3/c1-2-8-16-15-10-12(7-9-17-15)11-21-14-5-3-13(4-6-14)18(19)20/h3-7,9-10H,2,8,11H2,1H3,(H,16,17). The Kier molecular flexibility index (Phi) is 5.09. The Morgan fingerprint density at radius 2 is 2.05 bits per heavy atom. The van der Waals surface area contributed by atoms with Gasteiger partial charge in [0, 0.05) is 24.9 Å². The molecule has 0 radical (unpaired) electrons. The fourth-order valence-corrected chi connectivity index (χ4v) is 1.74. The first-order chi connectivity index (χ1) is 10.2. The molecule has 0 aliphatic carbocycles. The van der Waals surface area contributed by atoms with Crippen LogP contribution in [0.3, 0.4) is 0 Å². The summed E-state index contributed by atoms with van der Waals surface area (Å²) in [5, 5.41) is 13.8. The molecule has 1 aromatic heterocycles. The third-order valence-corrected chi connectivity index (χ3v) is 2.83. The van der Waals surface area contributed by atoms with Crippen molar-refractivity contribution in [2.45, 2.75) is 20.0 Å². The van der Waals surface area contributed by atoms with Crippen LogP contribution in [0.1, 0.15) is 18.9 Å². The monoisotopic (exact) mass is 287 g/mol. The average Bonchev–Trinajstić information content (AvgIpc) is 2.52. The first-order valence-electron chi connectivity index (χ1n) is 6.75. The van der Waals surface area contributed by atoms with Gasteiger partial charge < -0.3 is 10.1 Å². The van der Waals surface area contributed by atoms with Crippen LogP contribution in [0.15, 0.2) is 42.6 Å². The van der Waals surface area contributed by atoms with Crippen LogP contribution in [0.25, 0.3) is 0 Å². The van der Waals surface area contributed by atoms with Gasteiger partial charge in [-0.1, -0.05) is 6.92 Å². The van der Waals surface area contributed by atoms with Crippen LogP contribution < -0.4 is 10.1 Å². The van der Waals surface area contributed by atoms with Gasteiger partial charge in [-0.05, 0) is 36.2 Å². The Morgan fingerprint density at radius 3 is 2.71 bits per heavy atom. The van der Waals surface area contributed by atoms with Gasteiger partial charge in [-0.15, -0.1) is 0 Å². The van der Waals surface area contributed by atoms with Crippen LogP contribution in [0.5, 0.6) is 5.75 Å². The van der Waals surface area contributed by atoms with Gasteiger partial charge in [0.25, 0.3) is 5.69 Å². The zero-order valence-electron chi connectivity index (χ0n) is 11.8. The lowest BCUT2D eigenvalue weighted by Crippen LogP contribution is -2.03. The highest BCUT2D eigenvalue weighted by Crippen LogP contribution is 2.18. The normalized spacial score (nSPS) is 10.1. The second kappa shape index (κ2) is 7.23. The number of rotatable bonds is 7. The van der Waals surface area contributed by atoms with E-state index in [2.05, 4.69) is 17.2 Å². The van der Waals surface area contributed by atoms with E-state index in [1.807, 2.05) is 12.1 Å². The molecule has 6 nitrogen and oxygen atoms in total. The summed E-state index contributed by atoms with van der Waals surface area (Å²) in [4.78, 5) is 14.4. The summed E-state index contributed by atoms with van der Waals surface area (Å²) in [6, 6.07) is 9.85. The van der Waals surface area contributed by atoms with E-state index >= 15 is 0 Å². The van der Waals surface area contributed by atoms with Crippen molar-refractivity contribution >= 4 is 11.5 Å². The molecule has 0 amide bonds. The number of benzene rings is 1. The minimum Gasteiger partial charge on any atom is -0.489 e. The Hall–Kier alpha value is -2.63. The van der Waals surface area contributed by atoms with Crippen LogP contribution >= 0.6 is 0 Å². The molecule has 1 heterocycles. The van der Waals surface area contributed by atoms with Crippen molar-refractivity contribution in [2.75, 3.05) is 11.9 Å². The van der Waals surface area contributed by atoms with E-state index in [9.17, 15) is 10.1 Å². The third-order valence-electron chi connectivity index (χ3n) is 2.83. The van der Waals surface area contributed by atoms with Crippen LogP contribution in [0.4, 0.5) is 11.5 Å². The fraction of sp³-hybridized carbons (Fsp3) is 0.267. The second-order valence-electron chi connectivity index (χ2n) is 4.52. The molecular weight excluding hydrogens is 270 g/mol. The van der Waals surface area contributed by atoms with Crippen molar-refractivity contribution in [2.24, 2.45) is 0 Å². The Morgan fingerprint density at radius 1 is 1.29 bits per heavy atom. The van der Waals surface area contributed by atoms with Gasteiger partial charge in [-0.25, -0.2) is 4.98 Å². The molecule has 0 fully saturated rings. The van der Waals surface area contributed by atoms with Crippen molar-refractivity contribution in [3.8, 4) is 5.75 Å². The summed E-state index contributed by atoms with van der Waals surface area (Å²) < 4.78 is 5.61. The predicted octanol–water partition coefficient (Wildman–Crippen LogP) is 3.39. The summed E-state index contributed by atoms with van der Waals surface area (Å²) in [5.74, 6) is 1.42. The van der Waals surface area contributed by atoms with E-state index < -0.39 is 4.92 Å². The Bertz CT molecular complexity index is 599. The number of pyridine rings is 1. The van der Waals surface area contributed by atoms with Crippen LogP contribution in [-0.4, -0.2) is 16.5 Å². The third kappa shape index (κ3) is 4.45. The first-order valence-corrected chi connectivity index (χ1v) is 6.75. The topological polar surface area (TPSA) is 77.3 Å². The van der Waals surface area contributed by atoms with E-state index in [4.69, 9.17) is 4.74 Å². The molecule has 110 valence electrons. The Balaban J connectivity index is 1.94. The summed E-state index contributed by atoms with van der Waals surface area (Å²) >= 11 is 0. The number of nitro benzene ring substituents is 1. The minimum absolute atomic E-state index is 0.0531. The van der Waals surface area contributed by atoms with E-state index in [0.717, 1.165) is 24.3 Å². The minimum atomic E-state index is -0.432. The number of nitro groups is 1. The maximum Gasteiger partial charge on any atom is 0.269 e. The molecule has 0 aliphatic rings. The molecule has 0 atom stereocenters. The predicted molar refractivity (Wildman–Crippen MR) is 80.4 cm³/mol. The van der Waals surface area contributed by atoms with Crippen molar-refractivity contribution in [3.05, 3.63) is 58.3 Å². The van der Waals surface area contributed by atoms with E-state index in [1.165, 1.54) is 12.1 Å². The summed E-state index contributed by atoms with van der Waals surface area (Å²) in [6.45, 7) is 3.36. The van der Waals surface area contributed by atoms with Gasteiger partial charge in [-0.2, -0.15) is 0 Å².